The van der Waals surface area contributed by atoms with Gasteiger partial charge in [-0.1, -0.05) is 38.5 Å². The summed E-state index contributed by atoms with van der Waals surface area (Å²) in [5, 5.41) is 11.1. The average Bonchev–Trinajstić information content (AvgIpc) is 2.29. The SMILES string of the molecule is Cc1cccc(C2(O)CCCC(C)C2C)c1C. The lowest BCUT2D eigenvalue weighted by atomic mass is 9.66. The molecule has 0 amide bonds. The van der Waals surface area contributed by atoms with Crippen molar-refractivity contribution in [1.82, 2.24) is 0 Å². The van der Waals surface area contributed by atoms with Crippen LogP contribution in [0.3, 0.4) is 0 Å². The minimum absolute atomic E-state index is 0.344. The molecule has 3 unspecified atom stereocenters. The summed E-state index contributed by atoms with van der Waals surface area (Å²) in [5.41, 5.74) is 3.07. The topological polar surface area (TPSA) is 20.2 Å². The molecular formula is C16H24O. The molecule has 0 radical (unpaired) electrons. The molecule has 1 aliphatic carbocycles. The number of hydrogen-bond acceptors (Lipinski definition) is 1. The van der Waals surface area contributed by atoms with Crippen LogP contribution in [0.1, 0.15) is 49.8 Å². The highest BCUT2D eigenvalue weighted by Crippen LogP contribution is 2.45. The lowest BCUT2D eigenvalue weighted by molar-refractivity contribution is -0.0693. The van der Waals surface area contributed by atoms with E-state index in [4.69, 9.17) is 0 Å². The predicted octanol–water partition coefficient (Wildman–Crippen LogP) is 3.95. The largest absolute Gasteiger partial charge is 0.385 e. The van der Waals surface area contributed by atoms with Crippen molar-refractivity contribution < 1.29 is 5.11 Å². The Balaban J connectivity index is 2.46. The molecule has 0 bridgehead atoms. The fourth-order valence-electron chi connectivity index (χ4n) is 3.24. The second-order valence-corrected chi connectivity index (χ2v) is 5.83. The molecule has 1 aliphatic rings. The van der Waals surface area contributed by atoms with Crippen molar-refractivity contribution in [2.24, 2.45) is 11.8 Å². The number of aliphatic hydroxyl groups is 1. The van der Waals surface area contributed by atoms with Crippen LogP contribution in [-0.2, 0) is 5.60 Å². The standard InChI is InChI=1S/C16H24O/c1-11-7-5-9-15(13(11)3)16(17)10-6-8-12(2)14(16)4/h5,7,9,12,14,17H,6,8,10H2,1-4H3. The molecule has 0 aromatic heterocycles. The number of hydrogen-bond donors (Lipinski definition) is 1. The van der Waals surface area contributed by atoms with E-state index in [0.717, 1.165) is 18.4 Å². The van der Waals surface area contributed by atoms with E-state index >= 15 is 0 Å². The van der Waals surface area contributed by atoms with Gasteiger partial charge in [0.15, 0.2) is 0 Å². The van der Waals surface area contributed by atoms with Gasteiger partial charge in [-0.25, -0.2) is 0 Å². The van der Waals surface area contributed by atoms with E-state index in [1.54, 1.807) is 0 Å². The van der Waals surface area contributed by atoms with Crippen LogP contribution < -0.4 is 0 Å². The molecule has 0 heterocycles. The fraction of sp³-hybridized carbons (Fsp3) is 0.625. The van der Waals surface area contributed by atoms with Crippen molar-refractivity contribution in [2.45, 2.75) is 52.6 Å². The van der Waals surface area contributed by atoms with Crippen LogP contribution in [0.25, 0.3) is 0 Å². The van der Waals surface area contributed by atoms with Crippen molar-refractivity contribution in [1.29, 1.82) is 0 Å². The smallest absolute Gasteiger partial charge is 0.0927 e. The number of benzene rings is 1. The molecule has 0 saturated heterocycles. The molecule has 1 fully saturated rings. The van der Waals surface area contributed by atoms with Gasteiger partial charge >= 0.3 is 0 Å². The molecule has 17 heavy (non-hydrogen) atoms. The maximum atomic E-state index is 11.1. The van der Waals surface area contributed by atoms with Crippen LogP contribution in [0, 0.1) is 25.7 Å². The van der Waals surface area contributed by atoms with Gasteiger partial charge in [0.1, 0.15) is 0 Å². The summed E-state index contributed by atoms with van der Waals surface area (Å²) in [6.45, 7) is 8.72. The Morgan fingerprint density at radius 1 is 1.24 bits per heavy atom. The van der Waals surface area contributed by atoms with E-state index in [1.807, 2.05) is 0 Å². The Labute approximate surface area is 105 Å². The van der Waals surface area contributed by atoms with E-state index in [2.05, 4.69) is 45.9 Å². The average molecular weight is 232 g/mol. The molecule has 0 spiro atoms. The van der Waals surface area contributed by atoms with Crippen molar-refractivity contribution in [3.05, 3.63) is 34.9 Å². The summed E-state index contributed by atoms with van der Waals surface area (Å²) in [6.07, 6.45) is 3.28. The van der Waals surface area contributed by atoms with E-state index in [1.165, 1.54) is 17.5 Å². The van der Waals surface area contributed by atoms with Crippen LogP contribution in [0.15, 0.2) is 18.2 Å². The third kappa shape index (κ3) is 2.01. The van der Waals surface area contributed by atoms with E-state index in [0.29, 0.717) is 11.8 Å². The lowest BCUT2D eigenvalue weighted by Gasteiger charge is -2.43. The van der Waals surface area contributed by atoms with E-state index < -0.39 is 5.60 Å². The third-order valence-electron chi connectivity index (χ3n) is 4.90. The molecule has 1 saturated carbocycles. The highest BCUT2D eigenvalue weighted by atomic mass is 16.3. The summed E-state index contributed by atoms with van der Waals surface area (Å²) in [4.78, 5) is 0. The molecule has 1 nitrogen and oxygen atoms in total. The van der Waals surface area contributed by atoms with Gasteiger partial charge in [0.2, 0.25) is 0 Å². The Hall–Kier alpha value is -0.820. The summed E-state index contributed by atoms with van der Waals surface area (Å²) in [5.74, 6) is 0.949. The molecule has 0 aliphatic heterocycles. The third-order valence-corrected chi connectivity index (χ3v) is 4.90. The Bertz CT molecular complexity index is 410. The monoisotopic (exact) mass is 232 g/mol. The second kappa shape index (κ2) is 4.45. The maximum Gasteiger partial charge on any atom is 0.0927 e. The highest BCUT2D eigenvalue weighted by molar-refractivity contribution is 5.38. The second-order valence-electron chi connectivity index (χ2n) is 5.83. The first-order valence-electron chi connectivity index (χ1n) is 6.76. The molecule has 3 atom stereocenters. The van der Waals surface area contributed by atoms with Gasteiger partial charge in [-0.2, -0.15) is 0 Å². The van der Waals surface area contributed by atoms with Crippen molar-refractivity contribution >= 4 is 0 Å². The Morgan fingerprint density at radius 3 is 2.65 bits per heavy atom. The molecule has 1 aromatic carbocycles. The first kappa shape index (κ1) is 12.6. The normalized spacial score (nSPS) is 33.7. The minimum atomic E-state index is -0.617. The van der Waals surface area contributed by atoms with Gasteiger partial charge in [0.05, 0.1) is 5.60 Å². The van der Waals surface area contributed by atoms with Gasteiger partial charge in [0, 0.05) is 0 Å². The Morgan fingerprint density at radius 2 is 1.94 bits per heavy atom. The van der Waals surface area contributed by atoms with Gasteiger partial charge in [-0.15, -0.1) is 0 Å². The summed E-state index contributed by atoms with van der Waals surface area (Å²) < 4.78 is 0. The molecule has 1 N–H and O–H groups in total. The molecule has 1 heteroatoms. The zero-order valence-corrected chi connectivity index (χ0v) is 11.5. The zero-order valence-electron chi connectivity index (χ0n) is 11.5. The zero-order chi connectivity index (χ0) is 12.6. The molecule has 94 valence electrons. The predicted molar refractivity (Wildman–Crippen MR) is 72.0 cm³/mol. The van der Waals surface area contributed by atoms with Crippen LogP contribution in [0.4, 0.5) is 0 Å². The number of rotatable bonds is 1. The van der Waals surface area contributed by atoms with Gasteiger partial charge in [-0.05, 0) is 55.2 Å². The highest BCUT2D eigenvalue weighted by Gasteiger charge is 2.41. The summed E-state index contributed by atoms with van der Waals surface area (Å²) in [7, 11) is 0. The van der Waals surface area contributed by atoms with E-state index in [9.17, 15) is 5.11 Å². The molecule has 1 aromatic rings. The van der Waals surface area contributed by atoms with Crippen LogP contribution in [0.2, 0.25) is 0 Å². The lowest BCUT2D eigenvalue weighted by Crippen LogP contribution is -2.41. The van der Waals surface area contributed by atoms with Gasteiger partial charge in [0.25, 0.3) is 0 Å². The van der Waals surface area contributed by atoms with Gasteiger partial charge < -0.3 is 5.11 Å². The molecule has 2 rings (SSSR count). The maximum absolute atomic E-state index is 11.1. The van der Waals surface area contributed by atoms with Crippen LogP contribution in [0.5, 0.6) is 0 Å². The Kier molecular flexibility index (Phi) is 3.31. The first-order valence-corrected chi connectivity index (χ1v) is 6.76. The minimum Gasteiger partial charge on any atom is -0.385 e. The fourth-order valence-corrected chi connectivity index (χ4v) is 3.24. The van der Waals surface area contributed by atoms with Crippen LogP contribution in [-0.4, -0.2) is 5.11 Å². The van der Waals surface area contributed by atoms with Crippen molar-refractivity contribution in [3.8, 4) is 0 Å². The van der Waals surface area contributed by atoms with Gasteiger partial charge in [-0.3, -0.25) is 0 Å². The quantitative estimate of drug-likeness (QED) is 0.777. The number of aryl methyl sites for hydroxylation is 1. The molecular weight excluding hydrogens is 208 g/mol. The van der Waals surface area contributed by atoms with Crippen molar-refractivity contribution in [3.63, 3.8) is 0 Å². The van der Waals surface area contributed by atoms with E-state index in [-0.39, 0.29) is 0 Å². The first-order chi connectivity index (χ1) is 7.97. The summed E-state index contributed by atoms with van der Waals surface area (Å²) in [6, 6.07) is 6.30. The van der Waals surface area contributed by atoms with Crippen LogP contribution >= 0.6 is 0 Å². The van der Waals surface area contributed by atoms with Crippen molar-refractivity contribution in [2.75, 3.05) is 0 Å². The summed E-state index contributed by atoms with van der Waals surface area (Å²) >= 11 is 0.